The van der Waals surface area contributed by atoms with E-state index >= 15 is 0 Å². The van der Waals surface area contributed by atoms with Crippen LogP contribution in [0.3, 0.4) is 0 Å². The van der Waals surface area contributed by atoms with E-state index in [-0.39, 0.29) is 12.3 Å². The topological polar surface area (TPSA) is 100 Å². The van der Waals surface area contributed by atoms with Crippen molar-refractivity contribution in [1.82, 2.24) is 0 Å². The number of furan rings is 1. The second kappa shape index (κ2) is 9.47. The predicted molar refractivity (Wildman–Crippen MR) is 140 cm³/mol. The van der Waals surface area contributed by atoms with E-state index in [0.717, 1.165) is 30.0 Å². The summed E-state index contributed by atoms with van der Waals surface area (Å²) in [5, 5.41) is 10.4. The van der Waals surface area contributed by atoms with Crippen molar-refractivity contribution in [3.63, 3.8) is 0 Å². The maximum absolute atomic E-state index is 12.7. The molecule has 3 aromatic rings. The molecular formula is C29H33N3O4. The van der Waals surface area contributed by atoms with Crippen LogP contribution in [0.15, 0.2) is 46.9 Å². The molecule has 7 nitrogen and oxygen atoms in total. The number of aliphatic hydroxyl groups is 1. The molecule has 7 heteroatoms. The average molecular weight is 488 g/mol. The molecule has 188 valence electrons. The molecule has 0 aliphatic carbocycles. The van der Waals surface area contributed by atoms with Crippen LogP contribution in [0.2, 0.25) is 0 Å². The maximum Gasteiger partial charge on any atom is 0.260 e. The van der Waals surface area contributed by atoms with Crippen LogP contribution in [0.25, 0.3) is 11.1 Å². The van der Waals surface area contributed by atoms with Crippen LogP contribution in [-0.4, -0.2) is 37.1 Å². The zero-order chi connectivity index (χ0) is 25.6. The van der Waals surface area contributed by atoms with E-state index in [1.165, 1.54) is 35.4 Å². The van der Waals surface area contributed by atoms with Gasteiger partial charge in [-0.25, -0.2) is 0 Å². The molecule has 3 heterocycles. The number of hydrogen-bond acceptors (Lipinski definition) is 5. The summed E-state index contributed by atoms with van der Waals surface area (Å²) in [6.45, 7) is 6.06. The number of carbonyl (C=O) groups excluding carboxylic acids is 2. The first kappa shape index (κ1) is 24.1. The number of rotatable bonds is 6. The van der Waals surface area contributed by atoms with Gasteiger partial charge in [0.25, 0.3) is 5.91 Å². The van der Waals surface area contributed by atoms with Gasteiger partial charge < -0.3 is 25.1 Å². The molecule has 0 radical (unpaired) electrons. The number of likely N-dealkylation sites (N-methyl/N-ethyl adjacent to an activating group) is 1. The Morgan fingerprint density at radius 2 is 1.81 bits per heavy atom. The number of nitrogens with zero attached hydrogens (tertiary/aromatic N) is 2. The summed E-state index contributed by atoms with van der Waals surface area (Å²) in [6, 6.07) is 13.8. The first-order chi connectivity index (χ1) is 17.2. The van der Waals surface area contributed by atoms with Gasteiger partial charge >= 0.3 is 0 Å². The van der Waals surface area contributed by atoms with Crippen molar-refractivity contribution in [3.8, 4) is 11.1 Å². The summed E-state index contributed by atoms with van der Waals surface area (Å²) >= 11 is 0. The number of anilines is 2. The average Bonchev–Trinajstić information content (AvgIpc) is 3.34. The van der Waals surface area contributed by atoms with Gasteiger partial charge in [-0.15, -0.1) is 0 Å². The number of hydrogen-bond donors (Lipinski definition) is 2. The van der Waals surface area contributed by atoms with Crippen molar-refractivity contribution >= 4 is 23.2 Å². The van der Waals surface area contributed by atoms with Crippen molar-refractivity contribution in [2.24, 2.45) is 5.73 Å². The highest BCUT2D eigenvalue weighted by molar-refractivity contribution is 6.03. The molecule has 2 amide bonds. The molecule has 3 N–H and O–H groups in total. The highest BCUT2D eigenvalue weighted by Crippen LogP contribution is 2.40. The summed E-state index contributed by atoms with van der Waals surface area (Å²) in [4.78, 5) is 28.8. The quantitative estimate of drug-likeness (QED) is 0.538. The molecule has 5 rings (SSSR count). The van der Waals surface area contributed by atoms with Gasteiger partial charge in [-0.3, -0.25) is 9.59 Å². The molecule has 0 saturated carbocycles. The lowest BCUT2D eigenvalue weighted by Crippen LogP contribution is -2.30. The molecular weight excluding hydrogens is 454 g/mol. The number of carbonyl (C=O) groups is 2. The van der Waals surface area contributed by atoms with Gasteiger partial charge in [0.2, 0.25) is 5.91 Å². The first-order valence-electron chi connectivity index (χ1n) is 12.6. The second-order valence-electron chi connectivity index (χ2n) is 10.0. The summed E-state index contributed by atoms with van der Waals surface area (Å²) < 4.78 is 6.15. The van der Waals surface area contributed by atoms with Crippen LogP contribution in [0.5, 0.6) is 0 Å². The van der Waals surface area contributed by atoms with Crippen LogP contribution in [0.1, 0.15) is 59.5 Å². The van der Waals surface area contributed by atoms with Crippen molar-refractivity contribution < 1.29 is 19.1 Å². The molecule has 2 atom stereocenters. The fraction of sp³-hybridized carbons (Fsp3) is 0.379. The standard InChI is InChI=1S/C29H33N3O4/c1-17-7-9-20(25(13-17)32-11-5-4-6-12-32)22-14-18(2)36-26(22)16-21(28(30)34)19-8-10-24-23(15-19)27(33)29(35)31(24)3/h7-10,13-15,21,27,33H,4-6,11-12,16H2,1-3H3,(H2,30,34). The molecule has 0 spiro atoms. The number of aliphatic hydroxyl groups excluding tert-OH is 1. The number of amides is 2. The van der Waals surface area contributed by atoms with Crippen molar-refractivity contribution in [1.29, 1.82) is 0 Å². The highest BCUT2D eigenvalue weighted by atomic mass is 16.3. The molecule has 2 aromatic carbocycles. The van der Waals surface area contributed by atoms with E-state index in [1.807, 2.05) is 13.0 Å². The van der Waals surface area contributed by atoms with Gasteiger partial charge in [0.1, 0.15) is 11.5 Å². The van der Waals surface area contributed by atoms with Gasteiger partial charge in [0.05, 0.1) is 5.92 Å². The minimum atomic E-state index is -1.24. The van der Waals surface area contributed by atoms with Gasteiger partial charge in [-0.05, 0) is 68.5 Å². The number of fused-ring (bicyclic) bond motifs is 1. The van der Waals surface area contributed by atoms with Crippen LogP contribution < -0.4 is 15.5 Å². The Bertz CT molecular complexity index is 1320. The number of nitrogens with two attached hydrogens (primary N) is 1. The largest absolute Gasteiger partial charge is 0.466 e. The van der Waals surface area contributed by atoms with E-state index in [2.05, 4.69) is 30.0 Å². The Labute approximate surface area is 211 Å². The predicted octanol–water partition coefficient (Wildman–Crippen LogP) is 4.38. The zero-order valence-electron chi connectivity index (χ0n) is 21.1. The van der Waals surface area contributed by atoms with E-state index < -0.39 is 17.9 Å². The fourth-order valence-corrected chi connectivity index (χ4v) is 5.53. The zero-order valence-corrected chi connectivity index (χ0v) is 21.1. The maximum atomic E-state index is 12.7. The van der Waals surface area contributed by atoms with Crippen LogP contribution in [0.4, 0.5) is 11.4 Å². The Balaban J connectivity index is 1.53. The van der Waals surface area contributed by atoms with Gasteiger partial charge in [-0.2, -0.15) is 0 Å². The Morgan fingerprint density at radius 3 is 2.53 bits per heavy atom. The summed E-state index contributed by atoms with van der Waals surface area (Å²) in [5.74, 6) is -0.0667. The molecule has 2 unspecified atom stereocenters. The third-order valence-corrected chi connectivity index (χ3v) is 7.48. The number of benzene rings is 2. The van der Waals surface area contributed by atoms with Gasteiger partial charge in [0, 0.05) is 54.6 Å². The lowest BCUT2D eigenvalue weighted by Gasteiger charge is -2.31. The van der Waals surface area contributed by atoms with Crippen molar-refractivity contribution in [2.75, 3.05) is 29.9 Å². The fourth-order valence-electron chi connectivity index (χ4n) is 5.53. The van der Waals surface area contributed by atoms with Crippen LogP contribution in [0, 0.1) is 13.8 Å². The van der Waals surface area contributed by atoms with Crippen LogP contribution in [-0.2, 0) is 16.0 Å². The molecule has 0 bridgehead atoms. The number of aryl methyl sites for hydroxylation is 2. The molecule has 1 fully saturated rings. The molecule has 1 aromatic heterocycles. The SMILES string of the molecule is Cc1ccc(-c2cc(C)oc2CC(C(N)=O)c2ccc3c(c2)C(O)C(=O)N3C)c(N2CCCCC2)c1. The minimum absolute atomic E-state index is 0.282. The van der Waals surface area contributed by atoms with E-state index in [0.29, 0.717) is 22.6 Å². The van der Waals surface area contributed by atoms with Crippen molar-refractivity contribution in [2.45, 2.75) is 51.6 Å². The van der Waals surface area contributed by atoms with Crippen LogP contribution >= 0.6 is 0 Å². The third kappa shape index (κ3) is 4.28. The summed E-state index contributed by atoms with van der Waals surface area (Å²) in [5.41, 5.74) is 12.1. The minimum Gasteiger partial charge on any atom is -0.466 e. The van der Waals surface area contributed by atoms with E-state index in [4.69, 9.17) is 10.2 Å². The summed E-state index contributed by atoms with van der Waals surface area (Å²) in [7, 11) is 1.63. The smallest absolute Gasteiger partial charge is 0.260 e. The first-order valence-corrected chi connectivity index (χ1v) is 12.6. The lowest BCUT2D eigenvalue weighted by atomic mass is 9.89. The molecule has 2 aliphatic rings. The van der Waals surface area contributed by atoms with E-state index in [9.17, 15) is 14.7 Å². The highest BCUT2D eigenvalue weighted by Gasteiger charge is 2.35. The number of primary amides is 1. The van der Waals surface area contributed by atoms with Gasteiger partial charge in [-0.1, -0.05) is 18.2 Å². The summed E-state index contributed by atoms with van der Waals surface area (Å²) in [6.07, 6.45) is 2.65. The molecule has 36 heavy (non-hydrogen) atoms. The molecule has 2 aliphatic heterocycles. The Hall–Kier alpha value is -3.58. The number of piperidine rings is 1. The monoisotopic (exact) mass is 487 g/mol. The van der Waals surface area contributed by atoms with Gasteiger partial charge in [0.15, 0.2) is 6.10 Å². The van der Waals surface area contributed by atoms with E-state index in [1.54, 1.807) is 25.2 Å². The Kier molecular flexibility index (Phi) is 6.35. The molecule has 1 saturated heterocycles. The normalized spacial score (nSPS) is 18.4. The third-order valence-electron chi connectivity index (χ3n) is 7.48. The Morgan fingerprint density at radius 1 is 1.06 bits per heavy atom. The second-order valence-corrected chi connectivity index (χ2v) is 10.0. The lowest BCUT2D eigenvalue weighted by molar-refractivity contribution is -0.125. The van der Waals surface area contributed by atoms with Crippen molar-refractivity contribution in [3.05, 3.63) is 70.7 Å².